The predicted molar refractivity (Wildman–Crippen MR) is 71.3 cm³/mol. The molecule has 5 nitrogen and oxygen atoms in total. The Labute approximate surface area is 118 Å². The van der Waals surface area contributed by atoms with E-state index in [1.54, 1.807) is 6.07 Å². The number of thiophene rings is 1. The maximum atomic E-state index is 12.3. The Hall–Kier alpha value is -0.440. The molecule has 0 bridgehead atoms. The Balaban J connectivity index is 2.25. The highest BCUT2D eigenvalue weighted by molar-refractivity contribution is 9.11. The minimum atomic E-state index is -3.55. The van der Waals surface area contributed by atoms with Crippen molar-refractivity contribution in [3.05, 3.63) is 15.4 Å². The minimum absolute atomic E-state index is 0.0617. The second kappa shape index (κ2) is 4.92. The van der Waals surface area contributed by atoms with Gasteiger partial charge in [0.05, 0.1) is 9.70 Å². The molecule has 2 heterocycles. The van der Waals surface area contributed by atoms with Crippen molar-refractivity contribution in [2.24, 2.45) is 5.92 Å². The summed E-state index contributed by atoms with van der Waals surface area (Å²) in [5.74, 6) is -1.53. The average Bonchev–Trinajstić information content (AvgIpc) is 2.87. The molecule has 0 radical (unpaired) electrons. The van der Waals surface area contributed by atoms with E-state index in [9.17, 15) is 13.2 Å². The molecule has 1 aliphatic rings. The molecule has 1 fully saturated rings. The molecule has 0 unspecified atom stereocenters. The molecule has 1 saturated heterocycles. The molecule has 1 aromatic rings. The van der Waals surface area contributed by atoms with Crippen LogP contribution < -0.4 is 0 Å². The van der Waals surface area contributed by atoms with Gasteiger partial charge in [0.1, 0.15) is 4.21 Å². The first-order valence-corrected chi connectivity index (χ1v) is 8.36. The molecule has 1 N–H and O–H groups in total. The lowest BCUT2D eigenvalue weighted by atomic mass is 10.1. The van der Waals surface area contributed by atoms with Crippen LogP contribution in [0.3, 0.4) is 0 Å². The number of carbonyl (C=O) groups is 1. The second-order valence-electron chi connectivity index (χ2n) is 4.21. The van der Waals surface area contributed by atoms with E-state index in [-0.39, 0.29) is 17.3 Å². The van der Waals surface area contributed by atoms with Crippen LogP contribution in [0.25, 0.3) is 0 Å². The molecule has 0 saturated carbocycles. The van der Waals surface area contributed by atoms with Gasteiger partial charge in [0.2, 0.25) is 0 Å². The molecular formula is C10H12BrNO4S2. The van der Waals surface area contributed by atoms with Gasteiger partial charge in [-0.2, -0.15) is 4.31 Å². The zero-order valence-electron chi connectivity index (χ0n) is 9.59. The Morgan fingerprint density at radius 1 is 1.61 bits per heavy atom. The lowest BCUT2D eigenvalue weighted by molar-refractivity contribution is -0.141. The van der Waals surface area contributed by atoms with Crippen molar-refractivity contribution in [3.63, 3.8) is 0 Å². The molecule has 2 rings (SSSR count). The van der Waals surface area contributed by atoms with Gasteiger partial charge in [-0.15, -0.1) is 11.3 Å². The van der Waals surface area contributed by atoms with Crippen molar-refractivity contribution in [2.45, 2.75) is 17.6 Å². The number of rotatable bonds is 3. The molecule has 18 heavy (non-hydrogen) atoms. The van der Waals surface area contributed by atoms with Gasteiger partial charge >= 0.3 is 5.97 Å². The van der Waals surface area contributed by atoms with Crippen LogP contribution in [-0.4, -0.2) is 36.9 Å². The van der Waals surface area contributed by atoms with Crippen LogP contribution >= 0.6 is 27.3 Å². The summed E-state index contributed by atoms with van der Waals surface area (Å²) in [5.41, 5.74) is 0.868. The van der Waals surface area contributed by atoms with Crippen molar-refractivity contribution in [1.29, 1.82) is 0 Å². The number of sulfonamides is 1. The first kappa shape index (κ1) is 14.0. The highest BCUT2D eigenvalue weighted by Gasteiger charge is 2.36. The maximum absolute atomic E-state index is 12.3. The summed E-state index contributed by atoms with van der Waals surface area (Å²) < 4.78 is 26.9. The normalized spacial score (nSPS) is 21.3. The highest BCUT2D eigenvalue weighted by Crippen LogP contribution is 2.34. The predicted octanol–water partition coefficient (Wildman–Crippen LogP) is 1.91. The van der Waals surface area contributed by atoms with Crippen molar-refractivity contribution < 1.29 is 18.3 Å². The monoisotopic (exact) mass is 353 g/mol. The molecule has 100 valence electrons. The van der Waals surface area contributed by atoms with Crippen molar-refractivity contribution in [3.8, 4) is 0 Å². The van der Waals surface area contributed by atoms with Crippen LogP contribution in [0, 0.1) is 12.8 Å². The zero-order valence-corrected chi connectivity index (χ0v) is 12.8. The largest absolute Gasteiger partial charge is 0.481 e. The Morgan fingerprint density at radius 3 is 2.72 bits per heavy atom. The third-order valence-electron chi connectivity index (χ3n) is 2.93. The van der Waals surface area contributed by atoms with Crippen LogP contribution in [-0.2, 0) is 14.8 Å². The number of hydrogen-bond donors (Lipinski definition) is 1. The molecule has 0 amide bonds. The summed E-state index contributed by atoms with van der Waals surface area (Å²) in [5, 5.41) is 8.89. The lowest BCUT2D eigenvalue weighted by Gasteiger charge is -2.14. The number of aryl methyl sites for hydroxylation is 1. The first-order chi connectivity index (χ1) is 8.32. The Bertz CT molecular complexity index is 561. The fourth-order valence-electron chi connectivity index (χ4n) is 1.83. The van der Waals surface area contributed by atoms with E-state index in [1.807, 2.05) is 6.92 Å². The highest BCUT2D eigenvalue weighted by atomic mass is 79.9. The molecule has 0 aliphatic carbocycles. The van der Waals surface area contributed by atoms with E-state index in [1.165, 1.54) is 4.31 Å². The van der Waals surface area contributed by atoms with E-state index < -0.39 is 21.9 Å². The summed E-state index contributed by atoms with van der Waals surface area (Å²) in [4.78, 5) is 10.8. The second-order valence-corrected chi connectivity index (χ2v) is 8.74. The lowest BCUT2D eigenvalue weighted by Crippen LogP contribution is -2.29. The van der Waals surface area contributed by atoms with E-state index in [4.69, 9.17) is 5.11 Å². The molecular weight excluding hydrogens is 342 g/mol. The Morgan fingerprint density at radius 2 is 2.28 bits per heavy atom. The fourth-order valence-corrected chi connectivity index (χ4v) is 5.72. The maximum Gasteiger partial charge on any atom is 0.307 e. The topological polar surface area (TPSA) is 74.7 Å². The molecule has 1 aliphatic heterocycles. The third kappa shape index (κ3) is 2.47. The minimum Gasteiger partial charge on any atom is -0.481 e. The van der Waals surface area contributed by atoms with Gasteiger partial charge in [0.25, 0.3) is 10.0 Å². The number of halogens is 1. The smallest absolute Gasteiger partial charge is 0.307 e. The quantitative estimate of drug-likeness (QED) is 0.900. The number of carboxylic acid groups (broad SMARTS) is 1. The Kier molecular flexibility index (Phi) is 3.82. The molecule has 1 aromatic heterocycles. The molecule has 8 heteroatoms. The van der Waals surface area contributed by atoms with Crippen molar-refractivity contribution in [1.82, 2.24) is 4.31 Å². The number of carboxylic acids is 1. The van der Waals surface area contributed by atoms with Crippen LogP contribution in [0.15, 0.2) is 14.1 Å². The van der Waals surface area contributed by atoms with Gasteiger partial charge in [0.15, 0.2) is 0 Å². The van der Waals surface area contributed by atoms with Crippen molar-refractivity contribution in [2.75, 3.05) is 13.1 Å². The summed E-state index contributed by atoms with van der Waals surface area (Å²) in [6.45, 7) is 2.16. The summed E-state index contributed by atoms with van der Waals surface area (Å²) >= 11 is 4.45. The van der Waals surface area contributed by atoms with Gasteiger partial charge in [-0.05, 0) is 40.9 Å². The standard InChI is InChI=1S/C10H12BrNO4S2/c1-6-4-8(17-9(6)11)18(15,16)12-3-2-7(5-12)10(13)14/h4,7H,2-3,5H2,1H3,(H,13,14)/t7-/m0/s1. The van der Waals surface area contributed by atoms with Gasteiger partial charge in [-0.25, -0.2) is 8.42 Å². The first-order valence-electron chi connectivity index (χ1n) is 5.31. The summed E-state index contributed by atoms with van der Waals surface area (Å²) in [6.07, 6.45) is 0.375. The van der Waals surface area contributed by atoms with E-state index in [0.717, 1.165) is 20.7 Å². The number of hydrogen-bond acceptors (Lipinski definition) is 4. The number of nitrogens with zero attached hydrogens (tertiary/aromatic N) is 1. The SMILES string of the molecule is Cc1cc(S(=O)(=O)N2CC[C@H](C(=O)O)C2)sc1Br. The average molecular weight is 354 g/mol. The third-order valence-corrected chi connectivity index (χ3v) is 7.38. The van der Waals surface area contributed by atoms with E-state index in [0.29, 0.717) is 6.42 Å². The van der Waals surface area contributed by atoms with Crippen LogP contribution in [0.1, 0.15) is 12.0 Å². The number of aliphatic carboxylic acids is 1. The van der Waals surface area contributed by atoms with Crippen LogP contribution in [0.2, 0.25) is 0 Å². The zero-order chi connectivity index (χ0) is 13.5. The fraction of sp³-hybridized carbons (Fsp3) is 0.500. The van der Waals surface area contributed by atoms with Crippen LogP contribution in [0.5, 0.6) is 0 Å². The summed E-state index contributed by atoms with van der Waals surface area (Å²) in [6, 6.07) is 1.61. The molecule has 1 atom stereocenters. The van der Waals surface area contributed by atoms with E-state index >= 15 is 0 Å². The van der Waals surface area contributed by atoms with Gasteiger partial charge in [-0.3, -0.25) is 4.79 Å². The van der Waals surface area contributed by atoms with Gasteiger partial charge < -0.3 is 5.11 Å². The van der Waals surface area contributed by atoms with Gasteiger partial charge in [0, 0.05) is 13.1 Å². The molecule has 0 spiro atoms. The van der Waals surface area contributed by atoms with Crippen molar-refractivity contribution >= 4 is 43.3 Å². The van der Waals surface area contributed by atoms with Gasteiger partial charge in [-0.1, -0.05) is 0 Å². The summed E-state index contributed by atoms with van der Waals surface area (Å²) in [7, 11) is -3.55. The van der Waals surface area contributed by atoms with E-state index in [2.05, 4.69) is 15.9 Å². The molecule has 0 aromatic carbocycles. The van der Waals surface area contributed by atoms with Crippen LogP contribution in [0.4, 0.5) is 0 Å².